The summed E-state index contributed by atoms with van der Waals surface area (Å²) in [7, 11) is 1.16. The largest absolute Gasteiger partial charge is 0.468 e. The van der Waals surface area contributed by atoms with Gasteiger partial charge in [-0.3, -0.25) is 4.79 Å². The van der Waals surface area contributed by atoms with Gasteiger partial charge in [0.25, 0.3) is 0 Å². The summed E-state index contributed by atoms with van der Waals surface area (Å²) in [5.41, 5.74) is 0. The number of ether oxygens (including phenoxy) is 1. The highest BCUT2D eigenvalue weighted by Crippen LogP contribution is 2.32. The third-order valence-electron chi connectivity index (χ3n) is 2.08. The summed E-state index contributed by atoms with van der Waals surface area (Å²) in [6, 6.07) is -0.809. The van der Waals surface area contributed by atoms with Crippen molar-refractivity contribution in [2.75, 3.05) is 13.7 Å². The fraction of sp³-hybridized carbons (Fsp3) is 0.857. The molecule has 1 heterocycles. The molecule has 6 heteroatoms. The Morgan fingerprint density at radius 2 is 2.15 bits per heavy atom. The first-order valence-electron chi connectivity index (χ1n) is 3.83. The summed E-state index contributed by atoms with van der Waals surface area (Å²) in [5.74, 6) is -2.07. The average molecular weight is 197 g/mol. The van der Waals surface area contributed by atoms with Gasteiger partial charge in [0, 0.05) is 6.54 Å². The van der Waals surface area contributed by atoms with Crippen LogP contribution < -0.4 is 5.32 Å². The molecular formula is C7H10F3NO2. The van der Waals surface area contributed by atoms with Crippen LogP contribution in [0.2, 0.25) is 0 Å². The van der Waals surface area contributed by atoms with Crippen molar-refractivity contribution in [1.82, 2.24) is 5.32 Å². The molecule has 0 aliphatic carbocycles. The maximum atomic E-state index is 12.1. The lowest BCUT2D eigenvalue weighted by atomic mass is 10.1. The van der Waals surface area contributed by atoms with E-state index in [0.29, 0.717) is 0 Å². The normalized spacial score (nSPS) is 28.9. The number of esters is 1. The van der Waals surface area contributed by atoms with Crippen LogP contribution in [-0.2, 0) is 9.53 Å². The van der Waals surface area contributed by atoms with Crippen LogP contribution in [0.4, 0.5) is 13.2 Å². The molecule has 2 atom stereocenters. The molecule has 1 N–H and O–H groups in total. The van der Waals surface area contributed by atoms with Crippen LogP contribution in [0.15, 0.2) is 0 Å². The summed E-state index contributed by atoms with van der Waals surface area (Å²) in [5, 5.41) is 2.47. The number of hydrogen-bond donors (Lipinski definition) is 1. The molecule has 0 saturated carbocycles. The molecule has 0 amide bonds. The fourth-order valence-electron chi connectivity index (χ4n) is 1.31. The van der Waals surface area contributed by atoms with Gasteiger partial charge in [-0.25, -0.2) is 0 Å². The van der Waals surface area contributed by atoms with Crippen molar-refractivity contribution in [1.29, 1.82) is 0 Å². The first-order chi connectivity index (χ1) is 5.95. The van der Waals surface area contributed by atoms with Crippen LogP contribution in [0.25, 0.3) is 0 Å². The van der Waals surface area contributed by atoms with Crippen LogP contribution in [0.1, 0.15) is 6.42 Å². The predicted molar refractivity (Wildman–Crippen MR) is 38.0 cm³/mol. The summed E-state index contributed by atoms with van der Waals surface area (Å²) in [4.78, 5) is 10.8. The first kappa shape index (κ1) is 10.3. The number of rotatable bonds is 1. The lowest BCUT2D eigenvalue weighted by molar-refractivity contribution is -0.169. The van der Waals surface area contributed by atoms with Crippen molar-refractivity contribution < 1.29 is 22.7 Å². The standard InChI is InChI=1S/C7H10F3NO2/c1-13-6(12)5-2-4(3-11-5)7(8,9)10/h4-5,11H,2-3H2,1H3/t4-,5-/m0/s1. The summed E-state index contributed by atoms with van der Waals surface area (Å²) in [6.45, 7) is -0.205. The highest BCUT2D eigenvalue weighted by molar-refractivity contribution is 5.76. The van der Waals surface area contributed by atoms with Crippen molar-refractivity contribution in [3.8, 4) is 0 Å². The minimum atomic E-state index is -4.23. The van der Waals surface area contributed by atoms with Gasteiger partial charge in [-0.2, -0.15) is 13.2 Å². The van der Waals surface area contributed by atoms with Crippen LogP contribution >= 0.6 is 0 Å². The smallest absolute Gasteiger partial charge is 0.393 e. The van der Waals surface area contributed by atoms with Crippen molar-refractivity contribution >= 4 is 5.97 Å². The summed E-state index contributed by atoms with van der Waals surface area (Å²) in [6.07, 6.45) is -4.45. The third kappa shape index (κ3) is 2.33. The van der Waals surface area contributed by atoms with Gasteiger partial charge in [0.2, 0.25) is 0 Å². The zero-order chi connectivity index (χ0) is 10.1. The Morgan fingerprint density at radius 3 is 2.54 bits per heavy atom. The fourth-order valence-corrected chi connectivity index (χ4v) is 1.31. The van der Waals surface area contributed by atoms with Crippen molar-refractivity contribution in [2.45, 2.75) is 18.6 Å². The van der Waals surface area contributed by atoms with E-state index in [2.05, 4.69) is 10.1 Å². The van der Waals surface area contributed by atoms with E-state index >= 15 is 0 Å². The van der Waals surface area contributed by atoms with E-state index in [9.17, 15) is 18.0 Å². The predicted octanol–water partition coefficient (Wildman–Crippen LogP) is 0.700. The molecule has 3 nitrogen and oxygen atoms in total. The SMILES string of the molecule is COC(=O)[C@@H]1C[C@H](C(F)(F)F)CN1. The maximum absolute atomic E-state index is 12.1. The lowest BCUT2D eigenvalue weighted by Gasteiger charge is -2.12. The van der Waals surface area contributed by atoms with Gasteiger partial charge >= 0.3 is 12.1 Å². The number of halogens is 3. The number of hydrogen-bond acceptors (Lipinski definition) is 3. The molecular weight excluding hydrogens is 187 g/mol. The molecule has 1 saturated heterocycles. The van der Waals surface area contributed by atoms with E-state index in [0.717, 1.165) is 7.11 Å². The molecule has 0 radical (unpaired) electrons. The number of methoxy groups -OCH3 is 1. The highest BCUT2D eigenvalue weighted by Gasteiger charge is 2.45. The maximum Gasteiger partial charge on any atom is 0.393 e. The minimum Gasteiger partial charge on any atom is -0.468 e. The molecule has 0 aromatic heterocycles. The molecule has 13 heavy (non-hydrogen) atoms. The third-order valence-corrected chi connectivity index (χ3v) is 2.08. The van der Waals surface area contributed by atoms with Gasteiger partial charge in [-0.1, -0.05) is 0 Å². The number of alkyl halides is 3. The van der Waals surface area contributed by atoms with Gasteiger partial charge in [-0.05, 0) is 6.42 Å². The average Bonchev–Trinajstić information content (AvgIpc) is 2.50. The Bertz CT molecular complexity index is 204. The first-order valence-corrected chi connectivity index (χ1v) is 3.83. The zero-order valence-electron chi connectivity index (χ0n) is 7.02. The number of nitrogens with one attached hydrogen (secondary N) is 1. The van der Waals surface area contributed by atoms with E-state index in [4.69, 9.17) is 0 Å². The molecule has 1 fully saturated rings. The molecule has 1 aliphatic heterocycles. The van der Waals surface area contributed by atoms with Gasteiger partial charge in [-0.15, -0.1) is 0 Å². The van der Waals surface area contributed by atoms with E-state index in [1.165, 1.54) is 0 Å². The second kappa shape index (κ2) is 3.53. The second-order valence-corrected chi connectivity index (χ2v) is 2.96. The van der Waals surface area contributed by atoms with E-state index in [1.54, 1.807) is 0 Å². The Kier molecular flexibility index (Phi) is 2.80. The van der Waals surface area contributed by atoms with Gasteiger partial charge < -0.3 is 10.1 Å². The highest BCUT2D eigenvalue weighted by atomic mass is 19.4. The Labute approximate surface area is 73.2 Å². The van der Waals surface area contributed by atoms with Crippen LogP contribution in [0.5, 0.6) is 0 Å². The van der Waals surface area contributed by atoms with Crippen molar-refractivity contribution in [2.24, 2.45) is 5.92 Å². The Balaban J connectivity index is 2.50. The van der Waals surface area contributed by atoms with Gasteiger partial charge in [0.15, 0.2) is 0 Å². The van der Waals surface area contributed by atoms with E-state index < -0.39 is 24.1 Å². The molecule has 0 unspecified atom stereocenters. The molecule has 0 aromatic carbocycles. The van der Waals surface area contributed by atoms with Crippen LogP contribution in [0, 0.1) is 5.92 Å². The lowest BCUT2D eigenvalue weighted by Crippen LogP contribution is -2.31. The van der Waals surface area contributed by atoms with E-state index in [-0.39, 0.29) is 13.0 Å². The number of carbonyl (C=O) groups excluding carboxylic acids is 1. The zero-order valence-corrected chi connectivity index (χ0v) is 7.02. The molecule has 76 valence electrons. The Hall–Kier alpha value is -0.780. The van der Waals surface area contributed by atoms with Crippen molar-refractivity contribution in [3.63, 3.8) is 0 Å². The molecule has 0 spiro atoms. The van der Waals surface area contributed by atoms with E-state index in [1.807, 2.05) is 0 Å². The molecule has 1 aliphatic rings. The van der Waals surface area contributed by atoms with Gasteiger partial charge in [0.1, 0.15) is 6.04 Å². The summed E-state index contributed by atoms with van der Waals surface area (Å²) < 4.78 is 40.7. The quantitative estimate of drug-likeness (QED) is 0.629. The Morgan fingerprint density at radius 1 is 1.54 bits per heavy atom. The van der Waals surface area contributed by atoms with Gasteiger partial charge in [0.05, 0.1) is 13.0 Å². The van der Waals surface area contributed by atoms with Crippen LogP contribution in [-0.4, -0.2) is 31.8 Å². The second-order valence-electron chi connectivity index (χ2n) is 2.96. The summed E-state index contributed by atoms with van der Waals surface area (Å²) >= 11 is 0. The topological polar surface area (TPSA) is 38.3 Å². The molecule has 1 rings (SSSR count). The molecule has 0 bridgehead atoms. The minimum absolute atomic E-state index is 0.205. The number of carbonyl (C=O) groups is 1. The monoisotopic (exact) mass is 197 g/mol. The molecule has 0 aromatic rings. The van der Waals surface area contributed by atoms with Crippen molar-refractivity contribution in [3.05, 3.63) is 0 Å². The van der Waals surface area contributed by atoms with Crippen LogP contribution in [0.3, 0.4) is 0 Å².